The number of piperidine rings is 1. The molecule has 1 rings (SSSR count). The van der Waals surface area contributed by atoms with Crippen molar-refractivity contribution in [1.29, 1.82) is 0 Å². The largest absolute Gasteiger partial charge is 0.303 e. The Morgan fingerprint density at radius 1 is 1.25 bits per heavy atom. The van der Waals surface area contributed by atoms with Crippen LogP contribution in [0.2, 0.25) is 0 Å². The Morgan fingerprint density at radius 2 is 1.81 bits per heavy atom. The van der Waals surface area contributed by atoms with E-state index >= 15 is 0 Å². The van der Waals surface area contributed by atoms with Crippen molar-refractivity contribution in [1.82, 2.24) is 9.62 Å². The van der Waals surface area contributed by atoms with Crippen LogP contribution in [0.25, 0.3) is 0 Å². The van der Waals surface area contributed by atoms with Gasteiger partial charge in [-0.2, -0.15) is 0 Å². The molecule has 16 heavy (non-hydrogen) atoms. The summed E-state index contributed by atoms with van der Waals surface area (Å²) in [5.41, 5.74) is 0. The van der Waals surface area contributed by atoms with E-state index in [-0.39, 0.29) is 0 Å². The Labute approximate surface area is 99.5 Å². The third kappa shape index (κ3) is 5.82. The minimum Gasteiger partial charge on any atom is -0.303 e. The Bertz CT molecular complexity index is 293. The summed E-state index contributed by atoms with van der Waals surface area (Å²) in [5.74, 6) is 1.54. The highest BCUT2D eigenvalue weighted by Crippen LogP contribution is 2.20. The molecule has 1 fully saturated rings. The number of nitrogens with one attached hydrogen (secondary N) is 1. The second kappa shape index (κ2) is 5.98. The Morgan fingerprint density at radius 3 is 2.31 bits per heavy atom. The highest BCUT2D eigenvalue weighted by molar-refractivity contribution is 7.88. The lowest BCUT2D eigenvalue weighted by molar-refractivity contribution is 0.140. The zero-order valence-corrected chi connectivity index (χ0v) is 11.4. The average molecular weight is 248 g/mol. The van der Waals surface area contributed by atoms with Crippen molar-refractivity contribution in [3.63, 3.8) is 0 Å². The molecule has 0 unspecified atom stereocenters. The number of nitrogens with zero attached hydrogens (tertiary/aromatic N) is 1. The van der Waals surface area contributed by atoms with Gasteiger partial charge in [0, 0.05) is 19.6 Å². The fraction of sp³-hybridized carbons (Fsp3) is 1.00. The summed E-state index contributed by atoms with van der Waals surface area (Å²) in [5, 5.41) is 0. The molecule has 1 aliphatic heterocycles. The van der Waals surface area contributed by atoms with E-state index in [0.29, 0.717) is 6.54 Å². The van der Waals surface area contributed by atoms with Crippen LogP contribution in [0.15, 0.2) is 0 Å². The first kappa shape index (κ1) is 13.9. The first-order valence-electron chi connectivity index (χ1n) is 6.04. The predicted molar refractivity (Wildman–Crippen MR) is 66.8 cm³/mol. The summed E-state index contributed by atoms with van der Waals surface area (Å²) >= 11 is 0. The first-order chi connectivity index (χ1) is 7.37. The molecule has 0 saturated carbocycles. The van der Waals surface area contributed by atoms with Crippen molar-refractivity contribution in [2.75, 3.05) is 32.4 Å². The van der Waals surface area contributed by atoms with E-state index < -0.39 is 10.0 Å². The molecule has 0 bridgehead atoms. The van der Waals surface area contributed by atoms with Crippen LogP contribution in [0.5, 0.6) is 0 Å². The van der Waals surface area contributed by atoms with Crippen LogP contribution in [0.3, 0.4) is 0 Å². The van der Waals surface area contributed by atoms with Gasteiger partial charge in [0.05, 0.1) is 6.26 Å². The molecule has 96 valence electrons. The predicted octanol–water partition coefficient (Wildman–Crippen LogP) is 0.904. The Hall–Kier alpha value is -0.130. The molecule has 1 heterocycles. The molecule has 5 heteroatoms. The summed E-state index contributed by atoms with van der Waals surface area (Å²) in [6.07, 6.45) is 3.42. The van der Waals surface area contributed by atoms with E-state index in [1.54, 1.807) is 0 Å². The third-order valence-electron chi connectivity index (χ3n) is 2.96. The molecule has 0 spiro atoms. The second-order valence-electron chi connectivity index (χ2n) is 5.23. The molecular weight excluding hydrogens is 224 g/mol. The van der Waals surface area contributed by atoms with Crippen LogP contribution >= 0.6 is 0 Å². The van der Waals surface area contributed by atoms with Gasteiger partial charge in [-0.3, -0.25) is 0 Å². The summed E-state index contributed by atoms with van der Waals surface area (Å²) in [6.45, 7) is 8.44. The van der Waals surface area contributed by atoms with E-state index in [0.717, 1.165) is 37.9 Å². The topological polar surface area (TPSA) is 49.4 Å². The van der Waals surface area contributed by atoms with Crippen molar-refractivity contribution in [3.05, 3.63) is 0 Å². The van der Waals surface area contributed by atoms with Gasteiger partial charge in [-0.15, -0.1) is 0 Å². The molecule has 4 nitrogen and oxygen atoms in total. The number of likely N-dealkylation sites (tertiary alicyclic amines) is 1. The van der Waals surface area contributed by atoms with Gasteiger partial charge in [-0.05, 0) is 31.2 Å². The van der Waals surface area contributed by atoms with Gasteiger partial charge >= 0.3 is 0 Å². The maximum absolute atomic E-state index is 10.9. The maximum atomic E-state index is 10.9. The van der Waals surface area contributed by atoms with Gasteiger partial charge in [0.15, 0.2) is 0 Å². The molecule has 0 amide bonds. The highest BCUT2D eigenvalue weighted by atomic mass is 32.2. The minimum atomic E-state index is -3.02. The lowest BCUT2D eigenvalue weighted by atomic mass is 9.92. The lowest BCUT2D eigenvalue weighted by Gasteiger charge is -2.34. The summed E-state index contributed by atoms with van der Waals surface area (Å²) in [4.78, 5) is 2.45. The zero-order valence-electron chi connectivity index (χ0n) is 10.6. The molecule has 0 aromatic heterocycles. The molecule has 1 aliphatic rings. The Balaban J connectivity index is 2.17. The minimum absolute atomic E-state index is 0.554. The van der Waals surface area contributed by atoms with E-state index in [1.165, 1.54) is 12.7 Å². The summed E-state index contributed by atoms with van der Waals surface area (Å²) in [6, 6.07) is 0. The smallest absolute Gasteiger partial charge is 0.208 e. The van der Waals surface area contributed by atoms with Gasteiger partial charge < -0.3 is 4.90 Å². The third-order valence-corrected chi connectivity index (χ3v) is 3.69. The van der Waals surface area contributed by atoms with E-state index in [1.807, 2.05) is 0 Å². The number of rotatable bonds is 5. The monoisotopic (exact) mass is 248 g/mol. The second-order valence-corrected chi connectivity index (χ2v) is 7.06. The normalized spacial score (nSPS) is 28.2. The average Bonchev–Trinajstić information content (AvgIpc) is 2.09. The first-order valence-corrected chi connectivity index (χ1v) is 7.93. The van der Waals surface area contributed by atoms with Gasteiger partial charge in [-0.25, -0.2) is 13.1 Å². The summed E-state index contributed by atoms with van der Waals surface area (Å²) < 4.78 is 24.3. The maximum Gasteiger partial charge on any atom is 0.208 e. The van der Waals surface area contributed by atoms with Crippen molar-refractivity contribution in [3.8, 4) is 0 Å². The highest BCUT2D eigenvalue weighted by Gasteiger charge is 2.20. The molecule has 0 aliphatic carbocycles. The number of hydrogen-bond acceptors (Lipinski definition) is 3. The van der Waals surface area contributed by atoms with Crippen LogP contribution in [0.4, 0.5) is 0 Å². The SMILES string of the molecule is C[C@@H]1C[C@H](C)CN(CCCNS(C)(=O)=O)C1. The number of hydrogen-bond donors (Lipinski definition) is 1. The summed E-state index contributed by atoms with van der Waals surface area (Å²) in [7, 11) is -3.02. The van der Waals surface area contributed by atoms with Gasteiger partial charge in [0.25, 0.3) is 0 Å². The molecule has 0 radical (unpaired) electrons. The van der Waals surface area contributed by atoms with E-state index in [4.69, 9.17) is 0 Å². The quantitative estimate of drug-likeness (QED) is 0.736. The number of sulfonamides is 1. The standard InChI is InChI=1S/C11H24N2O2S/c1-10-7-11(2)9-13(8-10)6-4-5-12-16(3,14)15/h10-12H,4-9H2,1-3H3/t10-,11+. The van der Waals surface area contributed by atoms with Crippen LogP contribution in [0.1, 0.15) is 26.7 Å². The lowest BCUT2D eigenvalue weighted by Crippen LogP contribution is -2.40. The van der Waals surface area contributed by atoms with Crippen LogP contribution in [-0.4, -0.2) is 45.8 Å². The van der Waals surface area contributed by atoms with E-state index in [2.05, 4.69) is 23.5 Å². The molecule has 1 saturated heterocycles. The fourth-order valence-electron chi connectivity index (χ4n) is 2.53. The van der Waals surface area contributed by atoms with Crippen molar-refractivity contribution in [2.24, 2.45) is 11.8 Å². The zero-order chi connectivity index (χ0) is 12.2. The van der Waals surface area contributed by atoms with Gasteiger partial charge in [-0.1, -0.05) is 13.8 Å². The molecular formula is C11H24N2O2S. The van der Waals surface area contributed by atoms with Crippen molar-refractivity contribution in [2.45, 2.75) is 26.7 Å². The molecule has 1 N–H and O–H groups in total. The fourth-order valence-corrected chi connectivity index (χ4v) is 3.05. The van der Waals surface area contributed by atoms with E-state index in [9.17, 15) is 8.42 Å². The van der Waals surface area contributed by atoms with Crippen LogP contribution in [-0.2, 0) is 10.0 Å². The molecule has 0 aromatic carbocycles. The van der Waals surface area contributed by atoms with Gasteiger partial charge in [0.1, 0.15) is 0 Å². The van der Waals surface area contributed by atoms with Crippen molar-refractivity contribution < 1.29 is 8.42 Å². The molecule has 0 aromatic rings. The van der Waals surface area contributed by atoms with Crippen molar-refractivity contribution >= 4 is 10.0 Å². The molecule has 2 atom stereocenters. The van der Waals surface area contributed by atoms with Crippen LogP contribution in [0, 0.1) is 11.8 Å². The van der Waals surface area contributed by atoms with Crippen LogP contribution < -0.4 is 4.72 Å². The Kier molecular flexibility index (Phi) is 5.21. The van der Waals surface area contributed by atoms with Gasteiger partial charge in [0.2, 0.25) is 10.0 Å².